The van der Waals surface area contributed by atoms with Gasteiger partial charge in [0.2, 0.25) is 11.7 Å². The van der Waals surface area contributed by atoms with Gasteiger partial charge in [-0.05, 0) is 36.5 Å². The highest BCUT2D eigenvalue weighted by Crippen LogP contribution is 2.29. The number of methoxy groups -OCH3 is 2. The fraction of sp³-hybridized carbons (Fsp3) is 0.167. The van der Waals surface area contributed by atoms with E-state index in [-0.39, 0.29) is 6.54 Å². The van der Waals surface area contributed by atoms with E-state index >= 15 is 0 Å². The highest BCUT2D eigenvalue weighted by atomic mass is 35.5. The Morgan fingerprint density at radius 1 is 1.19 bits per heavy atom. The fourth-order valence-corrected chi connectivity index (χ4v) is 2.71. The molecular weight excluding hydrogens is 388 g/mol. The second-order valence-corrected chi connectivity index (χ2v) is 6.18. The summed E-state index contributed by atoms with van der Waals surface area (Å²) in [6, 6.07) is 12.7. The van der Waals surface area contributed by atoms with Crippen molar-refractivity contribution in [2.45, 2.75) is 6.54 Å². The van der Waals surface area contributed by atoms with Crippen molar-refractivity contribution in [3.05, 3.63) is 53.4 Å². The van der Waals surface area contributed by atoms with Crippen LogP contribution in [-0.4, -0.2) is 29.5 Å². The molecule has 0 aliphatic carbocycles. The molecule has 0 saturated heterocycles. The lowest BCUT2D eigenvalue weighted by Crippen LogP contribution is -2.28. The lowest BCUT2D eigenvalue weighted by molar-refractivity contribution is 0.376. The molecule has 3 rings (SSSR count). The van der Waals surface area contributed by atoms with Crippen molar-refractivity contribution < 1.29 is 14.0 Å². The first-order valence-corrected chi connectivity index (χ1v) is 8.73. The number of anilines is 1. The number of ether oxygens (including phenoxy) is 2. The molecule has 0 spiro atoms. The Hall–Kier alpha value is -2.84. The van der Waals surface area contributed by atoms with Crippen LogP contribution in [0.5, 0.6) is 11.5 Å². The number of nitrogens with one attached hydrogen (secondary N) is 2. The van der Waals surface area contributed by atoms with E-state index in [1.807, 2.05) is 24.3 Å². The third kappa shape index (κ3) is 4.66. The Balaban J connectivity index is 1.61. The molecule has 2 N–H and O–H groups in total. The van der Waals surface area contributed by atoms with Gasteiger partial charge in [0.25, 0.3) is 0 Å². The summed E-state index contributed by atoms with van der Waals surface area (Å²) in [6.07, 6.45) is 0. The summed E-state index contributed by atoms with van der Waals surface area (Å²) < 4.78 is 15.7. The van der Waals surface area contributed by atoms with Crippen LogP contribution in [-0.2, 0) is 6.54 Å². The van der Waals surface area contributed by atoms with Crippen LogP contribution in [0, 0.1) is 0 Å². The summed E-state index contributed by atoms with van der Waals surface area (Å²) in [4.78, 5) is 4.32. The number of nitrogens with zero attached hydrogens (tertiary/aromatic N) is 2. The molecule has 0 aliphatic rings. The van der Waals surface area contributed by atoms with Gasteiger partial charge in [0.1, 0.15) is 11.5 Å². The van der Waals surface area contributed by atoms with Gasteiger partial charge in [0.05, 0.1) is 31.5 Å². The molecule has 0 saturated carbocycles. The van der Waals surface area contributed by atoms with E-state index in [0.29, 0.717) is 44.6 Å². The minimum Gasteiger partial charge on any atom is -0.497 e. The molecule has 140 valence electrons. The molecule has 7 nitrogen and oxygen atoms in total. The lowest BCUT2D eigenvalue weighted by atomic mass is 10.2. The second kappa shape index (κ2) is 8.70. The maximum Gasteiger partial charge on any atom is 0.246 e. The van der Waals surface area contributed by atoms with E-state index in [2.05, 4.69) is 20.8 Å². The lowest BCUT2D eigenvalue weighted by Gasteiger charge is -2.13. The van der Waals surface area contributed by atoms with Crippen molar-refractivity contribution in [2.75, 3.05) is 19.5 Å². The number of rotatable bonds is 6. The molecule has 0 fully saturated rings. The number of thiocarbonyl (C=S) groups is 1. The molecule has 0 bridgehead atoms. The molecule has 0 radical (unpaired) electrons. The Labute approximate surface area is 166 Å². The summed E-state index contributed by atoms with van der Waals surface area (Å²) >= 11 is 11.5. The van der Waals surface area contributed by atoms with Crippen LogP contribution in [0.2, 0.25) is 5.02 Å². The summed E-state index contributed by atoms with van der Waals surface area (Å²) in [6.45, 7) is 0.266. The van der Waals surface area contributed by atoms with Gasteiger partial charge in [-0.3, -0.25) is 0 Å². The molecular formula is C18H17ClN4O3S. The Morgan fingerprint density at radius 3 is 2.74 bits per heavy atom. The monoisotopic (exact) mass is 404 g/mol. The third-order valence-corrected chi connectivity index (χ3v) is 4.22. The van der Waals surface area contributed by atoms with E-state index in [4.69, 9.17) is 37.8 Å². The maximum absolute atomic E-state index is 6.15. The summed E-state index contributed by atoms with van der Waals surface area (Å²) in [5.41, 5.74) is 1.41. The topological polar surface area (TPSA) is 81.4 Å². The van der Waals surface area contributed by atoms with Gasteiger partial charge in [-0.25, -0.2) is 0 Å². The minimum absolute atomic E-state index is 0.266. The minimum atomic E-state index is 0.266. The molecule has 1 heterocycles. The molecule has 27 heavy (non-hydrogen) atoms. The Morgan fingerprint density at radius 2 is 2.00 bits per heavy atom. The van der Waals surface area contributed by atoms with Gasteiger partial charge in [-0.1, -0.05) is 28.9 Å². The highest BCUT2D eigenvalue weighted by Gasteiger charge is 2.12. The Kier molecular flexibility index (Phi) is 6.10. The van der Waals surface area contributed by atoms with Gasteiger partial charge in [0.15, 0.2) is 5.11 Å². The number of hydrogen-bond donors (Lipinski definition) is 2. The van der Waals surface area contributed by atoms with E-state index in [9.17, 15) is 0 Å². The van der Waals surface area contributed by atoms with Crippen LogP contribution in [0.25, 0.3) is 11.4 Å². The molecule has 1 aromatic heterocycles. The molecule has 0 unspecified atom stereocenters. The van der Waals surface area contributed by atoms with Crippen LogP contribution >= 0.6 is 23.8 Å². The van der Waals surface area contributed by atoms with Crippen molar-refractivity contribution >= 4 is 34.6 Å². The van der Waals surface area contributed by atoms with E-state index < -0.39 is 0 Å². The van der Waals surface area contributed by atoms with Crippen LogP contribution in [0.15, 0.2) is 47.0 Å². The predicted molar refractivity (Wildman–Crippen MR) is 107 cm³/mol. The normalized spacial score (nSPS) is 10.3. The molecule has 0 amide bonds. The highest BCUT2D eigenvalue weighted by molar-refractivity contribution is 7.80. The van der Waals surface area contributed by atoms with Crippen LogP contribution in [0.3, 0.4) is 0 Å². The van der Waals surface area contributed by atoms with Crippen molar-refractivity contribution in [2.24, 2.45) is 0 Å². The van der Waals surface area contributed by atoms with Crippen molar-refractivity contribution in [3.8, 4) is 22.9 Å². The molecule has 3 aromatic rings. The molecule has 2 aromatic carbocycles. The SMILES string of the molecule is COc1ccc(NC(=S)NCc2nc(-c3ccccc3Cl)no2)c(OC)c1. The van der Waals surface area contributed by atoms with Gasteiger partial charge in [0, 0.05) is 11.6 Å². The zero-order valence-corrected chi connectivity index (χ0v) is 16.2. The first-order valence-electron chi connectivity index (χ1n) is 7.95. The van der Waals surface area contributed by atoms with Crippen LogP contribution < -0.4 is 20.1 Å². The summed E-state index contributed by atoms with van der Waals surface area (Å²) in [5, 5.41) is 11.0. The zero-order valence-electron chi connectivity index (χ0n) is 14.7. The molecule has 0 aliphatic heterocycles. The zero-order chi connectivity index (χ0) is 19.2. The predicted octanol–water partition coefficient (Wildman–Crippen LogP) is 3.89. The van der Waals surface area contributed by atoms with Crippen LogP contribution in [0.1, 0.15) is 5.89 Å². The van der Waals surface area contributed by atoms with Crippen molar-refractivity contribution in [1.82, 2.24) is 15.5 Å². The van der Waals surface area contributed by atoms with Gasteiger partial charge < -0.3 is 24.6 Å². The number of aromatic nitrogens is 2. The smallest absolute Gasteiger partial charge is 0.246 e. The van der Waals surface area contributed by atoms with Gasteiger partial charge >= 0.3 is 0 Å². The second-order valence-electron chi connectivity index (χ2n) is 5.37. The summed E-state index contributed by atoms with van der Waals surface area (Å²) in [7, 11) is 3.17. The average molecular weight is 405 g/mol. The van der Waals surface area contributed by atoms with Crippen LogP contribution in [0.4, 0.5) is 5.69 Å². The average Bonchev–Trinajstić information content (AvgIpc) is 3.16. The van der Waals surface area contributed by atoms with Gasteiger partial charge in [-0.2, -0.15) is 4.98 Å². The maximum atomic E-state index is 6.15. The molecule has 9 heteroatoms. The van der Waals surface area contributed by atoms with E-state index in [1.54, 1.807) is 32.4 Å². The van der Waals surface area contributed by atoms with E-state index in [1.165, 1.54) is 0 Å². The number of hydrogen-bond acceptors (Lipinski definition) is 6. The number of halogens is 1. The first kappa shape index (κ1) is 18.9. The van der Waals surface area contributed by atoms with E-state index in [0.717, 1.165) is 0 Å². The quantitative estimate of drug-likeness (QED) is 0.599. The number of benzene rings is 2. The standard InChI is InChI=1S/C18H17ClN4O3S/c1-24-11-7-8-14(15(9-11)25-2)21-18(27)20-10-16-22-17(23-26-16)12-5-3-4-6-13(12)19/h3-9H,10H2,1-2H3,(H2,20,21,27). The molecule has 0 atom stereocenters. The fourth-order valence-electron chi connectivity index (χ4n) is 2.30. The largest absolute Gasteiger partial charge is 0.497 e. The Bertz CT molecular complexity index is 948. The summed E-state index contributed by atoms with van der Waals surface area (Å²) in [5.74, 6) is 2.11. The van der Waals surface area contributed by atoms with Crippen molar-refractivity contribution in [3.63, 3.8) is 0 Å². The van der Waals surface area contributed by atoms with Crippen molar-refractivity contribution in [1.29, 1.82) is 0 Å². The first-order chi connectivity index (χ1) is 13.1. The van der Waals surface area contributed by atoms with Gasteiger partial charge in [-0.15, -0.1) is 0 Å². The third-order valence-electron chi connectivity index (χ3n) is 3.64.